The van der Waals surface area contributed by atoms with Crippen LogP contribution < -0.4 is 4.90 Å². The van der Waals surface area contributed by atoms with E-state index in [9.17, 15) is 9.90 Å². The van der Waals surface area contributed by atoms with Gasteiger partial charge in [0.05, 0.1) is 0 Å². The number of carbonyl (C=O) groups is 1. The van der Waals surface area contributed by atoms with Crippen molar-refractivity contribution in [2.75, 3.05) is 19.0 Å². The first kappa shape index (κ1) is 14.3. The molecule has 0 bridgehead atoms. The second-order valence-electron chi connectivity index (χ2n) is 5.12. The lowest BCUT2D eigenvalue weighted by Crippen LogP contribution is -2.13. The fourth-order valence-corrected chi connectivity index (χ4v) is 1.98. The molecule has 0 heterocycles. The van der Waals surface area contributed by atoms with Crippen LogP contribution in [0.15, 0.2) is 48.5 Å². The van der Waals surface area contributed by atoms with Crippen LogP contribution in [0.1, 0.15) is 27.6 Å². The summed E-state index contributed by atoms with van der Waals surface area (Å²) in [6.45, 7) is 1.97. The van der Waals surface area contributed by atoms with Crippen LogP contribution in [-0.2, 0) is 0 Å². The summed E-state index contributed by atoms with van der Waals surface area (Å²) < 4.78 is 0. The van der Waals surface area contributed by atoms with Gasteiger partial charge in [0, 0.05) is 25.3 Å². The van der Waals surface area contributed by atoms with E-state index in [0.717, 1.165) is 11.3 Å². The third-order valence-corrected chi connectivity index (χ3v) is 3.31. The van der Waals surface area contributed by atoms with Gasteiger partial charge in [-0.25, -0.2) is 0 Å². The number of aryl methyl sites for hydroxylation is 1. The van der Waals surface area contributed by atoms with Gasteiger partial charge in [0.1, 0.15) is 6.10 Å². The Morgan fingerprint density at radius 2 is 1.55 bits per heavy atom. The number of aliphatic hydroxyl groups is 1. The maximum Gasteiger partial charge on any atom is 0.195 e. The highest BCUT2D eigenvalue weighted by molar-refractivity contribution is 6.00. The topological polar surface area (TPSA) is 40.5 Å². The Hall–Kier alpha value is -2.13. The zero-order valence-electron chi connectivity index (χ0n) is 12.0. The molecule has 0 saturated heterocycles. The Morgan fingerprint density at radius 3 is 2.05 bits per heavy atom. The van der Waals surface area contributed by atoms with Gasteiger partial charge in [-0.1, -0.05) is 29.8 Å². The van der Waals surface area contributed by atoms with Crippen LogP contribution in [0.4, 0.5) is 5.69 Å². The number of aliphatic hydroxyl groups excluding tert-OH is 1. The van der Waals surface area contributed by atoms with E-state index < -0.39 is 6.10 Å². The molecule has 0 unspecified atom stereocenters. The van der Waals surface area contributed by atoms with Crippen molar-refractivity contribution in [3.8, 4) is 0 Å². The van der Waals surface area contributed by atoms with E-state index in [1.165, 1.54) is 0 Å². The largest absolute Gasteiger partial charge is 0.380 e. The summed E-state index contributed by atoms with van der Waals surface area (Å²) >= 11 is 0. The van der Waals surface area contributed by atoms with Crippen LogP contribution in [0.3, 0.4) is 0 Å². The molecule has 104 valence electrons. The first-order valence-electron chi connectivity index (χ1n) is 6.55. The number of ketones is 1. The number of anilines is 1. The lowest BCUT2D eigenvalue weighted by Gasteiger charge is -2.14. The molecule has 3 heteroatoms. The summed E-state index contributed by atoms with van der Waals surface area (Å²) in [5, 5.41) is 10.2. The van der Waals surface area contributed by atoms with E-state index in [1.807, 2.05) is 50.2 Å². The highest BCUT2D eigenvalue weighted by Crippen LogP contribution is 2.20. The van der Waals surface area contributed by atoms with Crippen LogP contribution in [-0.4, -0.2) is 25.0 Å². The van der Waals surface area contributed by atoms with Gasteiger partial charge in [-0.15, -0.1) is 0 Å². The van der Waals surface area contributed by atoms with Crippen molar-refractivity contribution in [1.82, 2.24) is 0 Å². The van der Waals surface area contributed by atoms with Gasteiger partial charge in [-0.3, -0.25) is 4.79 Å². The van der Waals surface area contributed by atoms with Crippen LogP contribution in [0.25, 0.3) is 0 Å². The van der Waals surface area contributed by atoms with Gasteiger partial charge in [-0.2, -0.15) is 0 Å². The molecule has 0 aromatic heterocycles. The summed E-state index contributed by atoms with van der Waals surface area (Å²) in [5.41, 5.74) is 3.26. The molecular weight excluding hydrogens is 250 g/mol. The van der Waals surface area contributed by atoms with Gasteiger partial charge in [0.15, 0.2) is 5.78 Å². The second kappa shape index (κ2) is 5.88. The van der Waals surface area contributed by atoms with Crippen molar-refractivity contribution >= 4 is 11.5 Å². The first-order valence-corrected chi connectivity index (χ1v) is 6.55. The van der Waals surface area contributed by atoms with E-state index in [0.29, 0.717) is 11.1 Å². The van der Waals surface area contributed by atoms with Gasteiger partial charge >= 0.3 is 0 Å². The van der Waals surface area contributed by atoms with Crippen molar-refractivity contribution < 1.29 is 9.90 Å². The van der Waals surface area contributed by atoms with Gasteiger partial charge in [-0.05, 0) is 36.8 Å². The summed E-state index contributed by atoms with van der Waals surface area (Å²) in [6.07, 6.45) is -1.11. The average molecular weight is 269 g/mol. The number of carbonyl (C=O) groups excluding carboxylic acids is 1. The highest BCUT2D eigenvalue weighted by Gasteiger charge is 2.18. The molecule has 0 aliphatic rings. The molecule has 20 heavy (non-hydrogen) atoms. The number of nitrogens with zero attached hydrogens (tertiary/aromatic N) is 1. The standard InChI is InChI=1S/C17H19NO2/c1-12-4-6-13(7-5-12)16(19)17(20)14-8-10-15(11-9-14)18(2)3/h4-11,16,19H,1-3H3/t16-/m1/s1. The molecule has 3 nitrogen and oxygen atoms in total. The minimum atomic E-state index is -1.11. The number of Topliss-reactive ketones (excluding diaryl/α,β-unsaturated/α-hetero) is 1. The maximum absolute atomic E-state index is 12.2. The van der Waals surface area contributed by atoms with Crippen molar-refractivity contribution in [3.05, 3.63) is 65.2 Å². The van der Waals surface area contributed by atoms with Crippen molar-refractivity contribution in [2.45, 2.75) is 13.0 Å². The quantitative estimate of drug-likeness (QED) is 0.867. The lowest BCUT2D eigenvalue weighted by molar-refractivity contribution is 0.0747. The molecule has 0 radical (unpaired) electrons. The van der Waals surface area contributed by atoms with Crippen molar-refractivity contribution in [3.63, 3.8) is 0 Å². The summed E-state index contributed by atoms with van der Waals surface area (Å²) in [7, 11) is 3.88. The van der Waals surface area contributed by atoms with Gasteiger partial charge < -0.3 is 10.0 Å². The molecule has 0 fully saturated rings. The molecule has 1 N–H and O–H groups in total. The molecule has 0 spiro atoms. The molecular formula is C17H19NO2. The third-order valence-electron chi connectivity index (χ3n) is 3.31. The van der Waals surface area contributed by atoms with E-state index in [2.05, 4.69) is 0 Å². The van der Waals surface area contributed by atoms with Gasteiger partial charge in [0.2, 0.25) is 0 Å². The van der Waals surface area contributed by atoms with E-state index in [4.69, 9.17) is 0 Å². The molecule has 0 amide bonds. The number of rotatable bonds is 4. The molecule has 0 saturated carbocycles. The zero-order valence-corrected chi connectivity index (χ0v) is 12.0. The minimum absolute atomic E-state index is 0.279. The SMILES string of the molecule is Cc1ccc([C@@H](O)C(=O)c2ccc(N(C)C)cc2)cc1. The molecule has 0 aliphatic heterocycles. The molecule has 2 rings (SSSR count). The lowest BCUT2D eigenvalue weighted by atomic mass is 9.99. The Bertz CT molecular complexity index is 585. The van der Waals surface area contributed by atoms with Crippen LogP contribution in [0.2, 0.25) is 0 Å². The van der Waals surface area contributed by atoms with E-state index >= 15 is 0 Å². The average Bonchev–Trinajstić information content (AvgIpc) is 2.46. The summed E-state index contributed by atoms with van der Waals surface area (Å²) in [5.74, 6) is -0.279. The van der Waals surface area contributed by atoms with Crippen LogP contribution in [0, 0.1) is 6.92 Å². The summed E-state index contributed by atoms with van der Waals surface area (Å²) in [4.78, 5) is 14.2. The summed E-state index contributed by atoms with van der Waals surface area (Å²) in [6, 6.07) is 14.6. The number of benzene rings is 2. The Balaban J connectivity index is 2.20. The molecule has 2 aromatic rings. The fraction of sp³-hybridized carbons (Fsp3) is 0.235. The Kier molecular flexibility index (Phi) is 4.20. The fourth-order valence-electron chi connectivity index (χ4n) is 1.98. The molecule has 2 aromatic carbocycles. The Morgan fingerprint density at radius 1 is 1.00 bits per heavy atom. The van der Waals surface area contributed by atoms with E-state index in [1.54, 1.807) is 24.3 Å². The predicted molar refractivity (Wildman–Crippen MR) is 81.2 cm³/mol. The number of hydrogen-bond acceptors (Lipinski definition) is 3. The number of hydrogen-bond donors (Lipinski definition) is 1. The predicted octanol–water partition coefficient (Wildman–Crippen LogP) is 2.98. The minimum Gasteiger partial charge on any atom is -0.380 e. The zero-order chi connectivity index (χ0) is 14.7. The Labute approximate surface area is 119 Å². The molecule has 1 atom stereocenters. The normalized spacial score (nSPS) is 12.0. The maximum atomic E-state index is 12.2. The van der Waals surface area contributed by atoms with Crippen molar-refractivity contribution in [2.24, 2.45) is 0 Å². The third kappa shape index (κ3) is 3.06. The van der Waals surface area contributed by atoms with Gasteiger partial charge in [0.25, 0.3) is 0 Å². The first-order chi connectivity index (χ1) is 9.49. The van der Waals surface area contributed by atoms with Crippen molar-refractivity contribution in [1.29, 1.82) is 0 Å². The monoisotopic (exact) mass is 269 g/mol. The van der Waals surface area contributed by atoms with Crippen LogP contribution in [0.5, 0.6) is 0 Å². The molecule has 0 aliphatic carbocycles. The van der Waals surface area contributed by atoms with Crippen LogP contribution >= 0.6 is 0 Å². The highest BCUT2D eigenvalue weighted by atomic mass is 16.3. The second-order valence-corrected chi connectivity index (χ2v) is 5.12. The smallest absolute Gasteiger partial charge is 0.195 e. The van der Waals surface area contributed by atoms with E-state index in [-0.39, 0.29) is 5.78 Å².